The molecule has 2 N–H and O–H groups in total. The van der Waals surface area contributed by atoms with E-state index in [1.165, 1.54) is 11.0 Å². The Bertz CT molecular complexity index is 682. The van der Waals surface area contributed by atoms with Gasteiger partial charge in [0, 0.05) is 45.1 Å². The first-order chi connectivity index (χ1) is 13.0. The summed E-state index contributed by atoms with van der Waals surface area (Å²) in [5.74, 6) is 0.828. The zero-order valence-electron chi connectivity index (χ0n) is 16.1. The van der Waals surface area contributed by atoms with Crippen molar-refractivity contribution in [1.29, 1.82) is 0 Å². The molecule has 1 saturated carbocycles. The molecule has 0 aromatic heterocycles. The number of halogens is 1. The highest BCUT2D eigenvalue weighted by molar-refractivity contribution is 5.84. The third-order valence-electron chi connectivity index (χ3n) is 5.34. The number of amides is 1. The molecule has 1 unspecified atom stereocenters. The maximum atomic E-state index is 13.6. The maximum absolute atomic E-state index is 13.6. The molecule has 3 rings (SSSR count). The standard InChI is InChI=1S/C20H29FN4O2/c1-25(2)18(26)12-23-19(22-11-15-6-9-27-13-15)24-14-20(7-8-20)16-4-3-5-17(21)10-16/h3-5,10,15H,6-9,11-14H2,1-2H3,(H2,22,23,24). The Hall–Kier alpha value is -2.15. The molecule has 1 amide bonds. The number of hydrogen-bond donors (Lipinski definition) is 2. The number of nitrogens with zero attached hydrogens (tertiary/aromatic N) is 2. The fourth-order valence-electron chi connectivity index (χ4n) is 3.24. The van der Waals surface area contributed by atoms with Crippen LogP contribution >= 0.6 is 0 Å². The average molecular weight is 376 g/mol. The zero-order valence-corrected chi connectivity index (χ0v) is 16.1. The number of ether oxygens (including phenoxy) is 1. The number of rotatable bonds is 7. The Morgan fingerprint density at radius 3 is 2.81 bits per heavy atom. The van der Waals surface area contributed by atoms with E-state index in [0.717, 1.165) is 44.6 Å². The summed E-state index contributed by atoms with van der Waals surface area (Å²) >= 11 is 0. The number of benzene rings is 1. The molecular formula is C20H29FN4O2. The number of carbonyl (C=O) groups excluding carboxylic acids is 1. The van der Waals surface area contributed by atoms with Gasteiger partial charge in [0.1, 0.15) is 12.4 Å². The van der Waals surface area contributed by atoms with Crippen molar-refractivity contribution < 1.29 is 13.9 Å². The minimum Gasteiger partial charge on any atom is -0.381 e. The minimum absolute atomic E-state index is 0.0490. The molecule has 148 valence electrons. The van der Waals surface area contributed by atoms with E-state index < -0.39 is 0 Å². The second-order valence-electron chi connectivity index (χ2n) is 7.71. The Morgan fingerprint density at radius 1 is 1.37 bits per heavy atom. The van der Waals surface area contributed by atoms with E-state index in [-0.39, 0.29) is 23.7 Å². The summed E-state index contributed by atoms with van der Waals surface area (Å²) in [6, 6.07) is 6.82. The van der Waals surface area contributed by atoms with Gasteiger partial charge in [0.15, 0.2) is 5.96 Å². The normalized spacial score (nSPS) is 21.0. The smallest absolute Gasteiger partial charge is 0.243 e. The predicted octanol–water partition coefficient (Wildman–Crippen LogP) is 1.52. The van der Waals surface area contributed by atoms with Crippen LogP contribution in [0.5, 0.6) is 0 Å². The van der Waals surface area contributed by atoms with Gasteiger partial charge < -0.3 is 20.3 Å². The summed E-state index contributed by atoms with van der Waals surface area (Å²) in [6.07, 6.45) is 3.07. The number of carbonyl (C=O) groups is 1. The van der Waals surface area contributed by atoms with Crippen LogP contribution in [0.1, 0.15) is 24.8 Å². The Kier molecular flexibility index (Phi) is 6.31. The molecule has 2 aliphatic rings. The van der Waals surface area contributed by atoms with Crippen molar-refractivity contribution >= 4 is 11.9 Å². The number of aliphatic imine (C=N–C) groups is 1. The van der Waals surface area contributed by atoms with Crippen LogP contribution in [0, 0.1) is 11.7 Å². The molecule has 0 spiro atoms. The van der Waals surface area contributed by atoms with Crippen LogP contribution < -0.4 is 10.6 Å². The van der Waals surface area contributed by atoms with Crippen LogP contribution in [-0.2, 0) is 14.9 Å². The van der Waals surface area contributed by atoms with E-state index in [1.54, 1.807) is 26.2 Å². The number of nitrogens with one attached hydrogen (secondary N) is 2. The molecule has 1 aromatic carbocycles. The summed E-state index contributed by atoms with van der Waals surface area (Å²) in [5, 5.41) is 6.70. The van der Waals surface area contributed by atoms with Gasteiger partial charge >= 0.3 is 0 Å². The van der Waals surface area contributed by atoms with Crippen LogP contribution in [0.4, 0.5) is 4.39 Å². The third-order valence-corrected chi connectivity index (χ3v) is 5.34. The molecule has 7 heteroatoms. The van der Waals surface area contributed by atoms with E-state index in [0.29, 0.717) is 18.4 Å². The van der Waals surface area contributed by atoms with Gasteiger partial charge in [-0.15, -0.1) is 0 Å². The van der Waals surface area contributed by atoms with Crippen LogP contribution in [0.2, 0.25) is 0 Å². The van der Waals surface area contributed by atoms with Crippen LogP contribution in [-0.4, -0.2) is 63.7 Å². The van der Waals surface area contributed by atoms with Crippen molar-refractivity contribution in [1.82, 2.24) is 15.5 Å². The summed E-state index contributed by atoms with van der Waals surface area (Å²) in [7, 11) is 3.44. The summed E-state index contributed by atoms with van der Waals surface area (Å²) in [5.41, 5.74) is 0.968. The van der Waals surface area contributed by atoms with Gasteiger partial charge in [-0.3, -0.25) is 4.79 Å². The van der Waals surface area contributed by atoms with E-state index in [9.17, 15) is 9.18 Å². The van der Waals surface area contributed by atoms with Crippen molar-refractivity contribution in [2.75, 3.05) is 46.9 Å². The van der Waals surface area contributed by atoms with Gasteiger partial charge in [-0.1, -0.05) is 12.1 Å². The molecular weight excluding hydrogens is 347 g/mol. The van der Waals surface area contributed by atoms with Crippen molar-refractivity contribution in [3.63, 3.8) is 0 Å². The molecule has 2 fully saturated rings. The highest BCUT2D eigenvalue weighted by atomic mass is 19.1. The quantitative estimate of drug-likeness (QED) is 0.559. The van der Waals surface area contributed by atoms with E-state index >= 15 is 0 Å². The monoisotopic (exact) mass is 376 g/mol. The molecule has 1 atom stereocenters. The first-order valence-corrected chi connectivity index (χ1v) is 9.55. The van der Waals surface area contributed by atoms with Crippen LogP contribution in [0.15, 0.2) is 29.3 Å². The molecule has 27 heavy (non-hydrogen) atoms. The lowest BCUT2D eigenvalue weighted by Gasteiger charge is -2.20. The van der Waals surface area contributed by atoms with Crippen molar-refractivity contribution in [2.45, 2.75) is 24.7 Å². The lowest BCUT2D eigenvalue weighted by atomic mass is 9.96. The summed E-state index contributed by atoms with van der Waals surface area (Å²) < 4.78 is 19.0. The minimum atomic E-state index is -0.205. The lowest BCUT2D eigenvalue weighted by Crippen LogP contribution is -2.43. The second kappa shape index (κ2) is 8.69. The van der Waals surface area contributed by atoms with Crippen LogP contribution in [0.25, 0.3) is 0 Å². The summed E-state index contributed by atoms with van der Waals surface area (Å²) in [6.45, 7) is 3.07. The van der Waals surface area contributed by atoms with E-state index in [4.69, 9.17) is 4.74 Å². The first kappa shape index (κ1) is 19.6. The largest absolute Gasteiger partial charge is 0.381 e. The van der Waals surface area contributed by atoms with Gasteiger partial charge in [0.05, 0.1) is 6.61 Å². The fourth-order valence-corrected chi connectivity index (χ4v) is 3.24. The molecule has 1 aliphatic carbocycles. The summed E-state index contributed by atoms with van der Waals surface area (Å²) in [4.78, 5) is 17.8. The Balaban J connectivity index is 1.61. The number of hydrogen-bond acceptors (Lipinski definition) is 3. The fraction of sp³-hybridized carbons (Fsp3) is 0.600. The SMILES string of the molecule is CN(C)C(=O)CN=C(NCC1CCOC1)NCC1(c2cccc(F)c2)CC1. The van der Waals surface area contributed by atoms with Crippen molar-refractivity contribution in [3.05, 3.63) is 35.6 Å². The third kappa shape index (κ3) is 5.42. The molecule has 1 aromatic rings. The van der Waals surface area contributed by atoms with Gasteiger partial charge in [0.25, 0.3) is 0 Å². The lowest BCUT2D eigenvalue weighted by molar-refractivity contribution is -0.127. The van der Waals surface area contributed by atoms with Crippen molar-refractivity contribution in [3.8, 4) is 0 Å². The Morgan fingerprint density at radius 2 is 2.19 bits per heavy atom. The zero-order chi connectivity index (χ0) is 19.3. The number of guanidine groups is 1. The average Bonchev–Trinajstić information content (AvgIpc) is 3.26. The Labute approximate surface area is 160 Å². The van der Waals surface area contributed by atoms with Gasteiger partial charge in [0.2, 0.25) is 5.91 Å². The highest BCUT2D eigenvalue weighted by Gasteiger charge is 2.44. The molecule has 1 saturated heterocycles. The molecule has 6 nitrogen and oxygen atoms in total. The second-order valence-corrected chi connectivity index (χ2v) is 7.71. The molecule has 0 radical (unpaired) electrons. The molecule has 1 aliphatic heterocycles. The molecule has 0 bridgehead atoms. The number of likely N-dealkylation sites (N-methyl/N-ethyl adjacent to an activating group) is 1. The first-order valence-electron chi connectivity index (χ1n) is 9.55. The van der Waals surface area contributed by atoms with Crippen LogP contribution in [0.3, 0.4) is 0 Å². The highest BCUT2D eigenvalue weighted by Crippen LogP contribution is 2.47. The maximum Gasteiger partial charge on any atom is 0.243 e. The topological polar surface area (TPSA) is 66.0 Å². The van der Waals surface area contributed by atoms with Crippen molar-refractivity contribution in [2.24, 2.45) is 10.9 Å². The van der Waals surface area contributed by atoms with Gasteiger partial charge in [-0.2, -0.15) is 0 Å². The molecule has 1 heterocycles. The predicted molar refractivity (Wildman–Crippen MR) is 103 cm³/mol. The van der Waals surface area contributed by atoms with Gasteiger partial charge in [-0.25, -0.2) is 9.38 Å². The van der Waals surface area contributed by atoms with E-state index in [1.807, 2.05) is 6.07 Å². The van der Waals surface area contributed by atoms with E-state index in [2.05, 4.69) is 15.6 Å². The van der Waals surface area contributed by atoms with Gasteiger partial charge in [-0.05, 0) is 37.0 Å².